The number of ether oxygens (including phenoxy) is 2. The molecule has 1 aliphatic carbocycles. The van der Waals surface area contributed by atoms with Crippen LogP contribution in [0.25, 0.3) is 0 Å². The van der Waals surface area contributed by atoms with E-state index in [4.69, 9.17) is 21.1 Å². The summed E-state index contributed by atoms with van der Waals surface area (Å²) in [4.78, 5) is 0. The van der Waals surface area contributed by atoms with Crippen molar-refractivity contribution in [2.75, 3.05) is 12.5 Å². The Labute approximate surface area is 113 Å². The van der Waals surface area contributed by atoms with Gasteiger partial charge in [0.15, 0.2) is 5.79 Å². The van der Waals surface area contributed by atoms with Crippen molar-refractivity contribution in [1.82, 2.24) is 0 Å². The lowest BCUT2D eigenvalue weighted by Gasteiger charge is -2.36. The first kappa shape index (κ1) is 12.5. The normalized spacial score (nSPS) is 36.1. The van der Waals surface area contributed by atoms with Gasteiger partial charge in [-0.1, -0.05) is 30.3 Å². The highest BCUT2D eigenvalue weighted by molar-refractivity contribution is 6.18. The number of hydrogen-bond donors (Lipinski definition) is 0. The fourth-order valence-corrected chi connectivity index (χ4v) is 3.22. The summed E-state index contributed by atoms with van der Waals surface area (Å²) in [5, 5.41) is 0. The largest absolute Gasteiger partial charge is 0.347 e. The number of alkyl halides is 1. The Hall–Kier alpha value is -0.570. The lowest BCUT2D eigenvalue weighted by molar-refractivity contribution is -0.187. The van der Waals surface area contributed by atoms with Crippen molar-refractivity contribution in [3.63, 3.8) is 0 Å². The lowest BCUT2D eigenvalue weighted by atomic mass is 9.81. The molecule has 1 saturated heterocycles. The SMILES string of the molecule is ClCC1COC2(CCC(c3ccccc3)CC2)O1. The first-order valence-corrected chi connectivity index (χ1v) is 7.27. The number of hydrogen-bond acceptors (Lipinski definition) is 2. The predicted molar refractivity (Wildman–Crippen MR) is 71.9 cm³/mol. The quantitative estimate of drug-likeness (QED) is 0.760. The van der Waals surface area contributed by atoms with Crippen LogP contribution < -0.4 is 0 Å². The van der Waals surface area contributed by atoms with Crippen LogP contribution in [0.2, 0.25) is 0 Å². The summed E-state index contributed by atoms with van der Waals surface area (Å²) >= 11 is 5.83. The highest BCUT2D eigenvalue weighted by atomic mass is 35.5. The van der Waals surface area contributed by atoms with Crippen molar-refractivity contribution in [1.29, 1.82) is 0 Å². The van der Waals surface area contributed by atoms with Gasteiger partial charge in [-0.25, -0.2) is 0 Å². The molecular weight excluding hydrogens is 248 g/mol. The average Bonchev–Trinajstić information content (AvgIpc) is 2.84. The third-order valence-corrected chi connectivity index (χ3v) is 4.45. The van der Waals surface area contributed by atoms with E-state index in [-0.39, 0.29) is 11.9 Å². The highest BCUT2D eigenvalue weighted by Crippen LogP contribution is 2.43. The fourth-order valence-electron chi connectivity index (χ4n) is 3.07. The van der Waals surface area contributed by atoms with E-state index in [9.17, 15) is 0 Å². The molecule has 3 rings (SSSR count). The molecule has 0 amide bonds. The number of rotatable bonds is 2. The molecular formula is C15H19ClO2. The topological polar surface area (TPSA) is 18.5 Å². The van der Waals surface area contributed by atoms with Gasteiger partial charge in [-0.2, -0.15) is 0 Å². The van der Waals surface area contributed by atoms with Crippen molar-refractivity contribution >= 4 is 11.6 Å². The van der Waals surface area contributed by atoms with Gasteiger partial charge in [0.25, 0.3) is 0 Å². The molecule has 1 aromatic rings. The summed E-state index contributed by atoms with van der Waals surface area (Å²) in [5.41, 5.74) is 1.44. The molecule has 1 atom stereocenters. The monoisotopic (exact) mass is 266 g/mol. The molecule has 18 heavy (non-hydrogen) atoms. The van der Waals surface area contributed by atoms with Gasteiger partial charge < -0.3 is 9.47 Å². The van der Waals surface area contributed by atoms with Crippen LogP contribution in [0.4, 0.5) is 0 Å². The molecule has 1 aliphatic heterocycles. The minimum Gasteiger partial charge on any atom is -0.347 e. The van der Waals surface area contributed by atoms with E-state index in [1.807, 2.05) is 0 Å². The molecule has 0 N–H and O–H groups in total. The molecule has 2 fully saturated rings. The zero-order chi connectivity index (χ0) is 12.4. The third-order valence-electron chi connectivity index (χ3n) is 4.10. The Morgan fingerprint density at radius 2 is 1.89 bits per heavy atom. The van der Waals surface area contributed by atoms with E-state index in [1.165, 1.54) is 5.56 Å². The van der Waals surface area contributed by atoms with Crippen LogP contribution in [0, 0.1) is 0 Å². The summed E-state index contributed by atoms with van der Waals surface area (Å²) < 4.78 is 11.8. The van der Waals surface area contributed by atoms with E-state index in [2.05, 4.69) is 30.3 Å². The molecule has 2 aliphatic rings. The Balaban J connectivity index is 1.62. The van der Waals surface area contributed by atoms with Gasteiger partial charge in [0, 0.05) is 12.8 Å². The molecule has 1 saturated carbocycles. The molecule has 0 aromatic heterocycles. The summed E-state index contributed by atoms with van der Waals surface area (Å²) in [6.07, 6.45) is 4.33. The van der Waals surface area contributed by atoms with Crippen molar-refractivity contribution in [3.05, 3.63) is 35.9 Å². The van der Waals surface area contributed by atoms with E-state index >= 15 is 0 Å². The Morgan fingerprint density at radius 3 is 2.50 bits per heavy atom. The van der Waals surface area contributed by atoms with Crippen LogP contribution in [0.1, 0.15) is 37.2 Å². The molecule has 2 nitrogen and oxygen atoms in total. The van der Waals surface area contributed by atoms with E-state index in [0.29, 0.717) is 18.4 Å². The lowest BCUT2D eigenvalue weighted by Crippen LogP contribution is -2.35. The van der Waals surface area contributed by atoms with Crippen LogP contribution >= 0.6 is 11.6 Å². The zero-order valence-corrected chi connectivity index (χ0v) is 11.2. The molecule has 1 spiro atoms. The van der Waals surface area contributed by atoms with Gasteiger partial charge in [0.1, 0.15) is 0 Å². The van der Waals surface area contributed by atoms with Crippen molar-refractivity contribution in [3.8, 4) is 0 Å². The Bertz CT molecular complexity index is 385. The molecule has 0 bridgehead atoms. The molecule has 1 aromatic carbocycles. The maximum atomic E-state index is 5.97. The van der Waals surface area contributed by atoms with Gasteiger partial charge in [-0.05, 0) is 24.3 Å². The second kappa shape index (κ2) is 5.20. The van der Waals surface area contributed by atoms with Crippen LogP contribution in [-0.4, -0.2) is 24.4 Å². The first-order chi connectivity index (χ1) is 8.81. The van der Waals surface area contributed by atoms with E-state index in [1.54, 1.807) is 0 Å². The number of benzene rings is 1. The van der Waals surface area contributed by atoms with Crippen molar-refractivity contribution in [2.24, 2.45) is 0 Å². The highest BCUT2D eigenvalue weighted by Gasteiger charge is 2.43. The van der Waals surface area contributed by atoms with Gasteiger partial charge in [-0.3, -0.25) is 0 Å². The average molecular weight is 267 g/mol. The molecule has 1 unspecified atom stereocenters. The van der Waals surface area contributed by atoms with E-state index < -0.39 is 0 Å². The van der Waals surface area contributed by atoms with Gasteiger partial charge in [0.2, 0.25) is 0 Å². The first-order valence-electron chi connectivity index (χ1n) is 6.74. The Kier molecular flexibility index (Phi) is 3.60. The summed E-state index contributed by atoms with van der Waals surface area (Å²) in [5.74, 6) is 0.855. The maximum absolute atomic E-state index is 5.97. The molecule has 3 heteroatoms. The van der Waals surface area contributed by atoms with Gasteiger partial charge in [0.05, 0.1) is 18.6 Å². The zero-order valence-electron chi connectivity index (χ0n) is 10.5. The smallest absolute Gasteiger partial charge is 0.169 e. The van der Waals surface area contributed by atoms with Crippen LogP contribution in [0.3, 0.4) is 0 Å². The van der Waals surface area contributed by atoms with Gasteiger partial charge >= 0.3 is 0 Å². The van der Waals surface area contributed by atoms with Crippen molar-refractivity contribution in [2.45, 2.75) is 43.5 Å². The Morgan fingerprint density at radius 1 is 1.17 bits per heavy atom. The third kappa shape index (κ3) is 2.42. The fraction of sp³-hybridized carbons (Fsp3) is 0.600. The summed E-state index contributed by atoms with van der Waals surface area (Å²) in [6.45, 7) is 0.652. The minimum atomic E-state index is -0.329. The van der Waals surface area contributed by atoms with Crippen molar-refractivity contribution < 1.29 is 9.47 Å². The van der Waals surface area contributed by atoms with Crippen LogP contribution in [0.15, 0.2) is 30.3 Å². The van der Waals surface area contributed by atoms with Crippen LogP contribution in [0.5, 0.6) is 0 Å². The standard InChI is InChI=1S/C15H19ClO2/c16-10-14-11-17-15(18-14)8-6-13(7-9-15)12-4-2-1-3-5-12/h1-5,13-14H,6-11H2. The molecule has 1 heterocycles. The van der Waals surface area contributed by atoms with Crippen LogP contribution in [-0.2, 0) is 9.47 Å². The molecule has 0 radical (unpaired) electrons. The minimum absolute atomic E-state index is 0.0833. The second-order valence-corrected chi connectivity index (χ2v) is 5.61. The number of halogens is 1. The summed E-state index contributed by atoms with van der Waals surface area (Å²) in [7, 11) is 0. The molecule has 98 valence electrons. The van der Waals surface area contributed by atoms with Gasteiger partial charge in [-0.15, -0.1) is 11.6 Å². The van der Waals surface area contributed by atoms with E-state index in [0.717, 1.165) is 25.7 Å². The maximum Gasteiger partial charge on any atom is 0.169 e. The predicted octanol–water partition coefficient (Wildman–Crippen LogP) is 3.69. The second-order valence-electron chi connectivity index (χ2n) is 5.30. The summed E-state index contributed by atoms with van der Waals surface area (Å²) in [6, 6.07) is 10.8.